The third kappa shape index (κ3) is 3.51. The van der Waals surface area contributed by atoms with Gasteiger partial charge >= 0.3 is 0 Å². The number of nitrogens with two attached hydrogens (primary N) is 1. The molecular formula is C13H26N2. The molecule has 0 spiro atoms. The van der Waals surface area contributed by atoms with Gasteiger partial charge in [-0.3, -0.25) is 4.99 Å². The van der Waals surface area contributed by atoms with Crippen molar-refractivity contribution >= 4 is 5.84 Å². The Balaban J connectivity index is 2.65. The summed E-state index contributed by atoms with van der Waals surface area (Å²) in [4.78, 5) is 4.62. The topological polar surface area (TPSA) is 38.4 Å². The Hall–Kier alpha value is -0.530. The summed E-state index contributed by atoms with van der Waals surface area (Å²) in [6.07, 6.45) is 2.27. The maximum atomic E-state index is 6.02. The van der Waals surface area contributed by atoms with Crippen molar-refractivity contribution in [1.82, 2.24) is 0 Å². The van der Waals surface area contributed by atoms with E-state index >= 15 is 0 Å². The zero-order valence-corrected chi connectivity index (χ0v) is 11.1. The monoisotopic (exact) mass is 210 g/mol. The van der Waals surface area contributed by atoms with Crippen LogP contribution >= 0.6 is 0 Å². The fourth-order valence-electron chi connectivity index (χ4n) is 2.38. The molecule has 15 heavy (non-hydrogen) atoms. The molecule has 2 N–H and O–H groups in total. The Labute approximate surface area is 94.3 Å². The molecule has 2 atom stereocenters. The molecule has 0 fully saturated rings. The zero-order valence-electron chi connectivity index (χ0n) is 11.1. The van der Waals surface area contributed by atoms with Gasteiger partial charge in [0, 0.05) is 5.92 Å². The van der Waals surface area contributed by atoms with Gasteiger partial charge in [0.05, 0.1) is 11.9 Å². The van der Waals surface area contributed by atoms with Gasteiger partial charge in [0.2, 0.25) is 0 Å². The summed E-state index contributed by atoms with van der Waals surface area (Å²) >= 11 is 0. The minimum atomic E-state index is 0.250. The van der Waals surface area contributed by atoms with Crippen LogP contribution in [0.3, 0.4) is 0 Å². The molecule has 0 aliphatic carbocycles. The zero-order chi connectivity index (χ0) is 11.9. The van der Waals surface area contributed by atoms with Crippen LogP contribution in [0.1, 0.15) is 54.4 Å². The largest absolute Gasteiger partial charge is 0.387 e. The van der Waals surface area contributed by atoms with Crippen molar-refractivity contribution < 1.29 is 0 Å². The van der Waals surface area contributed by atoms with Gasteiger partial charge in [0.15, 0.2) is 0 Å². The highest BCUT2D eigenvalue weighted by molar-refractivity contribution is 5.85. The van der Waals surface area contributed by atoms with Crippen molar-refractivity contribution in [2.24, 2.45) is 27.5 Å². The summed E-state index contributed by atoms with van der Waals surface area (Å²) in [5.74, 6) is 1.33. The summed E-state index contributed by atoms with van der Waals surface area (Å²) < 4.78 is 0. The van der Waals surface area contributed by atoms with Crippen LogP contribution in [0.15, 0.2) is 4.99 Å². The SMILES string of the molecule is CC(C)(C)CC1CC(C(C)(C)C)C(N)=N1. The second kappa shape index (κ2) is 3.80. The molecule has 0 amide bonds. The lowest BCUT2D eigenvalue weighted by Gasteiger charge is -2.28. The second-order valence-electron chi connectivity index (χ2n) is 7.13. The Bertz CT molecular complexity index is 253. The maximum absolute atomic E-state index is 6.02. The predicted molar refractivity (Wildman–Crippen MR) is 67.0 cm³/mol. The minimum Gasteiger partial charge on any atom is -0.387 e. The van der Waals surface area contributed by atoms with Crippen LogP contribution in [0.25, 0.3) is 0 Å². The molecule has 0 saturated carbocycles. The van der Waals surface area contributed by atoms with E-state index in [1.165, 1.54) is 0 Å². The number of amidine groups is 1. The third-order valence-electron chi connectivity index (χ3n) is 3.09. The number of nitrogens with zero attached hydrogens (tertiary/aromatic N) is 1. The van der Waals surface area contributed by atoms with Gasteiger partial charge in [-0.05, 0) is 23.7 Å². The number of rotatable bonds is 1. The lowest BCUT2D eigenvalue weighted by molar-refractivity contribution is 0.270. The first-order valence-electron chi connectivity index (χ1n) is 5.93. The molecule has 0 bridgehead atoms. The highest BCUT2D eigenvalue weighted by atomic mass is 14.9. The maximum Gasteiger partial charge on any atom is 0.0977 e. The molecule has 88 valence electrons. The van der Waals surface area contributed by atoms with Gasteiger partial charge in [-0.25, -0.2) is 0 Å². The van der Waals surface area contributed by atoms with Gasteiger partial charge in [-0.15, -0.1) is 0 Å². The summed E-state index contributed by atoms with van der Waals surface area (Å²) in [6.45, 7) is 13.5. The van der Waals surface area contributed by atoms with Crippen LogP contribution in [0.4, 0.5) is 0 Å². The van der Waals surface area contributed by atoms with Crippen molar-refractivity contribution in [3.8, 4) is 0 Å². The molecule has 1 aliphatic heterocycles. The van der Waals surface area contributed by atoms with Crippen LogP contribution in [-0.4, -0.2) is 11.9 Å². The van der Waals surface area contributed by atoms with E-state index < -0.39 is 0 Å². The van der Waals surface area contributed by atoms with Gasteiger partial charge in [0.25, 0.3) is 0 Å². The molecular weight excluding hydrogens is 184 g/mol. The quantitative estimate of drug-likeness (QED) is 0.709. The average Bonchev–Trinajstić information content (AvgIpc) is 2.25. The molecule has 0 radical (unpaired) electrons. The molecule has 0 aromatic rings. The van der Waals surface area contributed by atoms with E-state index in [9.17, 15) is 0 Å². The third-order valence-corrected chi connectivity index (χ3v) is 3.09. The van der Waals surface area contributed by atoms with Gasteiger partial charge in [-0.2, -0.15) is 0 Å². The molecule has 0 aromatic carbocycles. The number of hydrogen-bond donors (Lipinski definition) is 1. The average molecular weight is 210 g/mol. The Morgan fingerprint density at radius 3 is 2.07 bits per heavy atom. The van der Waals surface area contributed by atoms with Gasteiger partial charge in [0.1, 0.15) is 0 Å². The highest BCUT2D eigenvalue weighted by Gasteiger charge is 2.36. The summed E-state index contributed by atoms with van der Waals surface area (Å²) in [5.41, 5.74) is 6.62. The van der Waals surface area contributed by atoms with E-state index in [4.69, 9.17) is 5.73 Å². The number of hydrogen-bond acceptors (Lipinski definition) is 2. The van der Waals surface area contributed by atoms with E-state index in [2.05, 4.69) is 46.5 Å². The van der Waals surface area contributed by atoms with Crippen LogP contribution in [0.5, 0.6) is 0 Å². The Morgan fingerprint density at radius 2 is 1.73 bits per heavy atom. The van der Waals surface area contributed by atoms with Gasteiger partial charge in [-0.1, -0.05) is 41.5 Å². The molecule has 1 heterocycles. The molecule has 1 aliphatic rings. The second-order valence-corrected chi connectivity index (χ2v) is 7.13. The molecule has 2 unspecified atom stereocenters. The van der Waals surface area contributed by atoms with Crippen molar-refractivity contribution in [3.63, 3.8) is 0 Å². The first kappa shape index (κ1) is 12.5. The molecule has 2 heteroatoms. The first-order valence-corrected chi connectivity index (χ1v) is 5.93. The lowest BCUT2D eigenvalue weighted by atomic mass is 9.76. The standard InChI is InChI=1S/C13H26N2/c1-12(2,3)8-9-7-10(11(14)15-9)13(4,5)6/h9-10H,7-8H2,1-6H3,(H2,14,15). The van der Waals surface area contributed by atoms with Crippen LogP contribution in [0, 0.1) is 16.7 Å². The van der Waals surface area contributed by atoms with Crippen LogP contribution in [0.2, 0.25) is 0 Å². The summed E-state index contributed by atoms with van der Waals surface area (Å²) in [6, 6.07) is 0.439. The van der Waals surface area contributed by atoms with Crippen molar-refractivity contribution in [2.45, 2.75) is 60.4 Å². The fraction of sp³-hybridized carbons (Fsp3) is 0.923. The molecule has 1 rings (SSSR count). The highest BCUT2D eigenvalue weighted by Crippen LogP contribution is 2.37. The lowest BCUT2D eigenvalue weighted by Crippen LogP contribution is -2.31. The summed E-state index contributed by atoms with van der Waals surface area (Å²) in [7, 11) is 0. The van der Waals surface area contributed by atoms with Crippen molar-refractivity contribution in [2.75, 3.05) is 0 Å². The molecule has 2 nitrogen and oxygen atoms in total. The first-order chi connectivity index (χ1) is 6.59. The minimum absolute atomic E-state index is 0.250. The summed E-state index contributed by atoms with van der Waals surface area (Å²) in [5, 5.41) is 0. The van der Waals surface area contributed by atoms with E-state index in [0.29, 0.717) is 17.4 Å². The van der Waals surface area contributed by atoms with Crippen LogP contribution < -0.4 is 5.73 Å². The Morgan fingerprint density at radius 1 is 1.20 bits per heavy atom. The molecule has 0 aromatic heterocycles. The van der Waals surface area contributed by atoms with Crippen molar-refractivity contribution in [3.05, 3.63) is 0 Å². The van der Waals surface area contributed by atoms with E-state index in [0.717, 1.165) is 18.7 Å². The van der Waals surface area contributed by atoms with Crippen molar-refractivity contribution in [1.29, 1.82) is 0 Å². The smallest absolute Gasteiger partial charge is 0.0977 e. The normalized spacial score (nSPS) is 28.0. The predicted octanol–water partition coefficient (Wildman–Crippen LogP) is 3.21. The van der Waals surface area contributed by atoms with Crippen LogP contribution in [-0.2, 0) is 0 Å². The van der Waals surface area contributed by atoms with E-state index in [1.807, 2.05) is 0 Å². The van der Waals surface area contributed by atoms with E-state index in [-0.39, 0.29) is 5.41 Å². The number of aliphatic imine (C=N–C) groups is 1. The Kier molecular flexibility index (Phi) is 3.18. The molecule has 0 saturated heterocycles. The van der Waals surface area contributed by atoms with Gasteiger partial charge < -0.3 is 5.73 Å². The van der Waals surface area contributed by atoms with E-state index in [1.54, 1.807) is 0 Å². The fourth-order valence-corrected chi connectivity index (χ4v) is 2.38.